The van der Waals surface area contributed by atoms with Gasteiger partial charge in [-0.2, -0.15) is 0 Å². The van der Waals surface area contributed by atoms with Gasteiger partial charge in [-0.15, -0.1) is 0 Å². The van der Waals surface area contributed by atoms with Gasteiger partial charge < -0.3 is 9.47 Å². The van der Waals surface area contributed by atoms with Crippen LogP contribution in [0.4, 0.5) is 0 Å². The van der Waals surface area contributed by atoms with Crippen molar-refractivity contribution in [1.29, 1.82) is 0 Å². The van der Waals surface area contributed by atoms with Gasteiger partial charge in [0.2, 0.25) is 0 Å². The van der Waals surface area contributed by atoms with Crippen molar-refractivity contribution in [3.8, 4) is 11.5 Å². The maximum absolute atomic E-state index is 6.02. The van der Waals surface area contributed by atoms with Crippen LogP contribution in [0.5, 0.6) is 11.5 Å². The van der Waals surface area contributed by atoms with Crippen molar-refractivity contribution in [2.24, 2.45) is 5.92 Å². The molecule has 0 aromatic heterocycles. The monoisotopic (exact) mass is 310 g/mol. The largest absolute Gasteiger partial charge is 0.494 e. The van der Waals surface area contributed by atoms with E-state index in [1.807, 2.05) is 6.92 Å². The van der Waals surface area contributed by atoms with Crippen LogP contribution < -0.4 is 9.47 Å². The molecule has 18 heavy (non-hydrogen) atoms. The minimum atomic E-state index is 0.289. The standard InChI is InChI=1S/C15H19BrO2/c1-4-17-12-7-10-6-9(3)18-15(10)13-11(12)5-8(2)14(13)16/h7-9,14H,4-6H2,1-3H3. The molecular formula is C15H19BrO2. The van der Waals surface area contributed by atoms with Gasteiger partial charge in [-0.05, 0) is 32.3 Å². The molecule has 1 aliphatic heterocycles. The van der Waals surface area contributed by atoms with Crippen LogP contribution in [0.25, 0.3) is 0 Å². The molecule has 0 amide bonds. The first kappa shape index (κ1) is 12.3. The van der Waals surface area contributed by atoms with Crippen LogP contribution in [0.1, 0.15) is 42.3 Å². The number of hydrogen-bond donors (Lipinski definition) is 0. The van der Waals surface area contributed by atoms with E-state index in [1.165, 1.54) is 16.7 Å². The van der Waals surface area contributed by atoms with E-state index in [0.717, 1.165) is 30.9 Å². The molecule has 1 aromatic rings. The Morgan fingerprint density at radius 3 is 2.89 bits per heavy atom. The molecule has 3 unspecified atom stereocenters. The summed E-state index contributed by atoms with van der Waals surface area (Å²) < 4.78 is 11.8. The highest BCUT2D eigenvalue weighted by Gasteiger charge is 2.37. The van der Waals surface area contributed by atoms with Crippen LogP contribution in [0.3, 0.4) is 0 Å². The van der Waals surface area contributed by atoms with Crippen LogP contribution in [0, 0.1) is 5.92 Å². The van der Waals surface area contributed by atoms with E-state index in [9.17, 15) is 0 Å². The summed E-state index contributed by atoms with van der Waals surface area (Å²) in [6.07, 6.45) is 2.36. The molecule has 98 valence electrons. The molecule has 2 aliphatic rings. The van der Waals surface area contributed by atoms with Crippen LogP contribution in [-0.4, -0.2) is 12.7 Å². The predicted molar refractivity (Wildman–Crippen MR) is 75.9 cm³/mol. The summed E-state index contributed by atoms with van der Waals surface area (Å²) >= 11 is 3.83. The summed E-state index contributed by atoms with van der Waals surface area (Å²) in [6, 6.07) is 2.19. The number of rotatable bonds is 2. The number of alkyl halides is 1. The molecule has 3 heteroatoms. The Labute approximate surface area is 117 Å². The first-order valence-electron chi connectivity index (χ1n) is 6.74. The first-order chi connectivity index (χ1) is 8.61. The van der Waals surface area contributed by atoms with Crippen LogP contribution in [0.15, 0.2) is 6.07 Å². The minimum Gasteiger partial charge on any atom is -0.494 e. The number of halogens is 1. The van der Waals surface area contributed by atoms with Gasteiger partial charge in [0.15, 0.2) is 0 Å². The molecule has 0 N–H and O–H groups in total. The third-order valence-electron chi connectivity index (χ3n) is 3.89. The predicted octanol–water partition coefficient (Wildman–Crippen LogP) is 4.04. The molecule has 1 aliphatic carbocycles. The summed E-state index contributed by atoms with van der Waals surface area (Å²) in [6.45, 7) is 7.18. The van der Waals surface area contributed by atoms with Crippen LogP contribution in [-0.2, 0) is 12.8 Å². The van der Waals surface area contributed by atoms with E-state index in [-0.39, 0.29) is 6.10 Å². The van der Waals surface area contributed by atoms with E-state index in [2.05, 4.69) is 35.8 Å². The smallest absolute Gasteiger partial charge is 0.127 e. The molecule has 1 heterocycles. The zero-order valence-electron chi connectivity index (χ0n) is 11.1. The van der Waals surface area contributed by atoms with Crippen molar-refractivity contribution in [1.82, 2.24) is 0 Å². The zero-order chi connectivity index (χ0) is 12.9. The van der Waals surface area contributed by atoms with Crippen molar-refractivity contribution < 1.29 is 9.47 Å². The number of benzene rings is 1. The minimum absolute atomic E-state index is 0.289. The first-order valence-corrected chi connectivity index (χ1v) is 7.65. The average molecular weight is 311 g/mol. The number of ether oxygens (including phenoxy) is 2. The molecule has 0 bridgehead atoms. The molecule has 0 saturated heterocycles. The van der Waals surface area contributed by atoms with Gasteiger partial charge in [0.25, 0.3) is 0 Å². The summed E-state index contributed by atoms with van der Waals surface area (Å²) in [7, 11) is 0. The lowest BCUT2D eigenvalue weighted by atomic mass is 10.0. The fourth-order valence-corrected chi connectivity index (χ4v) is 3.76. The summed E-state index contributed by atoms with van der Waals surface area (Å²) in [5.74, 6) is 2.79. The summed E-state index contributed by atoms with van der Waals surface area (Å²) in [5.41, 5.74) is 4.00. The quantitative estimate of drug-likeness (QED) is 0.768. The second kappa shape index (κ2) is 4.44. The lowest BCUT2D eigenvalue weighted by molar-refractivity contribution is 0.252. The van der Waals surface area contributed by atoms with E-state index in [0.29, 0.717) is 10.7 Å². The van der Waals surface area contributed by atoms with Gasteiger partial charge in [-0.25, -0.2) is 0 Å². The second-order valence-electron chi connectivity index (χ2n) is 5.40. The Bertz CT molecular complexity index is 484. The summed E-state index contributed by atoms with van der Waals surface area (Å²) in [4.78, 5) is 0.395. The normalized spacial score (nSPS) is 28.8. The van der Waals surface area contributed by atoms with Gasteiger partial charge in [0.1, 0.15) is 17.6 Å². The Kier molecular flexibility index (Phi) is 3.05. The molecule has 3 atom stereocenters. The Morgan fingerprint density at radius 1 is 1.39 bits per heavy atom. The molecule has 0 saturated carbocycles. The maximum atomic E-state index is 6.02. The summed E-state index contributed by atoms with van der Waals surface area (Å²) in [5, 5.41) is 0. The van der Waals surface area contributed by atoms with Gasteiger partial charge in [0, 0.05) is 27.9 Å². The topological polar surface area (TPSA) is 18.5 Å². The second-order valence-corrected chi connectivity index (χ2v) is 6.39. The number of hydrogen-bond acceptors (Lipinski definition) is 2. The third kappa shape index (κ3) is 1.75. The SMILES string of the molecule is CCOc1cc2c(c3c1CC(C)C3Br)OC(C)C2. The highest BCUT2D eigenvalue weighted by Crippen LogP contribution is 2.53. The van der Waals surface area contributed by atoms with Gasteiger partial charge in [0.05, 0.1) is 6.61 Å². The lowest BCUT2D eigenvalue weighted by Crippen LogP contribution is -2.06. The zero-order valence-corrected chi connectivity index (χ0v) is 12.7. The molecule has 0 fully saturated rings. The Balaban J connectivity index is 2.15. The van der Waals surface area contributed by atoms with E-state index in [1.54, 1.807) is 0 Å². The lowest BCUT2D eigenvalue weighted by Gasteiger charge is -2.15. The molecule has 0 spiro atoms. The van der Waals surface area contributed by atoms with Crippen molar-refractivity contribution in [2.45, 2.75) is 44.5 Å². The van der Waals surface area contributed by atoms with Crippen molar-refractivity contribution in [3.05, 3.63) is 22.8 Å². The van der Waals surface area contributed by atoms with Gasteiger partial charge >= 0.3 is 0 Å². The molecule has 1 aromatic carbocycles. The van der Waals surface area contributed by atoms with E-state index < -0.39 is 0 Å². The van der Waals surface area contributed by atoms with Gasteiger partial charge in [-0.3, -0.25) is 0 Å². The van der Waals surface area contributed by atoms with E-state index >= 15 is 0 Å². The molecule has 3 rings (SSSR count). The fraction of sp³-hybridized carbons (Fsp3) is 0.600. The highest BCUT2D eigenvalue weighted by molar-refractivity contribution is 9.09. The van der Waals surface area contributed by atoms with Crippen molar-refractivity contribution in [2.75, 3.05) is 6.61 Å². The van der Waals surface area contributed by atoms with Crippen molar-refractivity contribution in [3.63, 3.8) is 0 Å². The van der Waals surface area contributed by atoms with Gasteiger partial charge in [-0.1, -0.05) is 22.9 Å². The molecule has 0 radical (unpaired) electrons. The van der Waals surface area contributed by atoms with E-state index in [4.69, 9.17) is 9.47 Å². The highest BCUT2D eigenvalue weighted by atomic mass is 79.9. The van der Waals surface area contributed by atoms with Crippen LogP contribution in [0.2, 0.25) is 0 Å². The Morgan fingerprint density at radius 2 is 2.17 bits per heavy atom. The fourth-order valence-electron chi connectivity index (χ4n) is 3.09. The third-order valence-corrected chi connectivity index (χ3v) is 5.25. The maximum Gasteiger partial charge on any atom is 0.127 e. The number of fused-ring (bicyclic) bond motifs is 3. The molecular weight excluding hydrogens is 292 g/mol. The molecule has 2 nitrogen and oxygen atoms in total. The van der Waals surface area contributed by atoms with Crippen LogP contribution >= 0.6 is 15.9 Å². The Hall–Kier alpha value is -0.700. The average Bonchev–Trinajstić information content (AvgIpc) is 2.81. The van der Waals surface area contributed by atoms with Crippen molar-refractivity contribution >= 4 is 15.9 Å².